The van der Waals surface area contributed by atoms with Gasteiger partial charge in [0.2, 0.25) is 0 Å². The fraction of sp³-hybridized carbons (Fsp3) is 0.406. The molecule has 53 heavy (non-hydrogen) atoms. The van der Waals surface area contributed by atoms with Gasteiger partial charge in [-0.25, -0.2) is 0 Å². The predicted octanol–water partition coefficient (Wildman–Crippen LogP) is 12.9. The van der Waals surface area contributed by atoms with E-state index in [1.54, 1.807) is 30.3 Å². The van der Waals surface area contributed by atoms with E-state index >= 15 is 0 Å². The highest BCUT2D eigenvalue weighted by atomic mass is 19.4. The van der Waals surface area contributed by atoms with Crippen molar-refractivity contribution in [2.45, 2.75) is 82.7 Å². The van der Waals surface area contributed by atoms with Crippen LogP contribution in [0.3, 0.4) is 0 Å². The summed E-state index contributed by atoms with van der Waals surface area (Å²) in [5.74, 6) is -1.38. The van der Waals surface area contributed by atoms with Crippen LogP contribution in [0.25, 0.3) is 5.53 Å². The maximum Gasteiger partial charge on any atom is 0.490 e. The van der Waals surface area contributed by atoms with Gasteiger partial charge in [0.1, 0.15) is 0 Å². The van der Waals surface area contributed by atoms with Gasteiger partial charge in [0, 0.05) is 24.5 Å². The molecule has 0 N–H and O–H groups in total. The molecule has 0 spiro atoms. The Morgan fingerprint density at radius 2 is 0.887 bits per heavy atom. The molecule has 1 atom stereocenters. The van der Waals surface area contributed by atoms with Crippen molar-refractivity contribution in [1.82, 2.24) is 0 Å². The molecule has 0 fully saturated rings. The quantitative estimate of drug-likeness (QED) is 0.110. The molecule has 0 saturated carbocycles. The van der Waals surface area contributed by atoms with E-state index < -0.39 is 60.3 Å². The summed E-state index contributed by atoms with van der Waals surface area (Å²) in [6.07, 6.45) is -22.2. The maximum atomic E-state index is 12.4. The number of rotatable bonds is 3. The van der Waals surface area contributed by atoms with E-state index in [0.29, 0.717) is 12.5 Å². The summed E-state index contributed by atoms with van der Waals surface area (Å²) in [5.41, 5.74) is 2.21. The van der Waals surface area contributed by atoms with E-state index in [-0.39, 0.29) is 18.6 Å². The van der Waals surface area contributed by atoms with Crippen molar-refractivity contribution in [2.75, 3.05) is 0 Å². The first kappa shape index (κ1) is 48.2. The fourth-order valence-corrected chi connectivity index (χ4v) is 3.21. The van der Waals surface area contributed by atoms with Gasteiger partial charge < -0.3 is 5.53 Å². The Bertz CT molecular complexity index is 1540. The lowest BCUT2D eigenvalue weighted by atomic mass is 10.0. The van der Waals surface area contributed by atoms with Crippen LogP contribution in [0.15, 0.2) is 111 Å². The van der Waals surface area contributed by atoms with Crippen LogP contribution in [0.5, 0.6) is 0 Å². The van der Waals surface area contributed by atoms with Crippen molar-refractivity contribution in [1.29, 1.82) is 0 Å². The van der Waals surface area contributed by atoms with Gasteiger partial charge in [-0.05, 0) is 12.5 Å². The van der Waals surface area contributed by atoms with Gasteiger partial charge in [-0.1, -0.05) is 105 Å². The molecule has 0 radical (unpaired) electrons. The zero-order valence-corrected chi connectivity index (χ0v) is 26.8. The Balaban J connectivity index is 0.000000652. The molecule has 2 aliphatic rings. The number of nitrogens with zero attached hydrogens (tertiary/aromatic N) is 6. The zero-order valence-electron chi connectivity index (χ0n) is 26.8. The minimum atomic E-state index is -4.49. The van der Waals surface area contributed by atoms with E-state index in [0.717, 1.165) is 13.8 Å². The number of hydrogen-bond acceptors (Lipinski definition) is 4. The monoisotopic (exact) mass is 784 g/mol. The van der Waals surface area contributed by atoms with Crippen molar-refractivity contribution >= 4 is 5.71 Å². The summed E-state index contributed by atoms with van der Waals surface area (Å²) in [7, 11) is 0. The minimum absolute atomic E-state index is 0. The first-order valence-electron chi connectivity index (χ1n) is 14.3. The molecule has 3 aromatic rings. The molecule has 5 rings (SSSR count). The van der Waals surface area contributed by atoms with Crippen LogP contribution >= 0.6 is 0 Å². The summed E-state index contributed by atoms with van der Waals surface area (Å²) >= 11 is 0. The smallest absolute Gasteiger partial charge is 0.361 e. The second-order valence-corrected chi connectivity index (χ2v) is 10.3. The molecule has 3 aromatic carbocycles. The standard InChI is InChI=1S/C9H9F3.2C8H5F3N2.C3H3F3N2.C3H5F3.CH4/c1-7(9(10,11)12)8-5-3-2-4-6-8;2*9-8(10,11)7(12-13-7)6-4-2-1-3-5-6;1-2(8-7)3(4,5)6;1-2-3(4,5)6;/h2-7H,1H3;2*1-5H;1H3;2H2,1H3;1H4. The average Bonchev–Trinajstić information content (AvgIpc) is 3.99. The normalized spacial score (nSPS) is 15.4. The van der Waals surface area contributed by atoms with Crippen LogP contribution in [0.4, 0.5) is 65.9 Å². The van der Waals surface area contributed by atoms with Crippen LogP contribution in [0.2, 0.25) is 0 Å². The van der Waals surface area contributed by atoms with Gasteiger partial charge >= 0.3 is 47.9 Å². The largest absolute Gasteiger partial charge is 0.490 e. The van der Waals surface area contributed by atoms with Crippen LogP contribution < -0.4 is 0 Å². The van der Waals surface area contributed by atoms with Gasteiger partial charge in [0.05, 0.1) is 5.92 Å². The van der Waals surface area contributed by atoms with Gasteiger partial charge in [0.15, 0.2) is 0 Å². The van der Waals surface area contributed by atoms with Crippen molar-refractivity contribution in [3.05, 3.63) is 113 Å². The highest BCUT2D eigenvalue weighted by Crippen LogP contribution is 2.53. The lowest BCUT2D eigenvalue weighted by Gasteiger charge is -2.15. The molecule has 1 unspecified atom stereocenters. The summed E-state index contributed by atoms with van der Waals surface area (Å²) in [6, 6.07) is 22.8. The number of alkyl halides is 15. The zero-order chi connectivity index (χ0) is 40.2. The Kier molecular flexibility index (Phi) is 17.1. The third-order valence-electron chi connectivity index (χ3n) is 6.49. The van der Waals surface area contributed by atoms with E-state index in [1.165, 1.54) is 60.7 Å². The first-order chi connectivity index (χ1) is 23.7. The van der Waals surface area contributed by atoms with E-state index in [1.807, 2.05) is 4.79 Å². The summed E-state index contributed by atoms with van der Waals surface area (Å²) in [6.45, 7) is 2.93. The van der Waals surface area contributed by atoms with Crippen molar-refractivity contribution in [2.24, 2.45) is 20.5 Å². The summed E-state index contributed by atoms with van der Waals surface area (Å²) in [4.78, 5) is 1.95. The molecular formula is C32H31F15N6. The van der Waals surface area contributed by atoms with Gasteiger partial charge in [-0.3, -0.25) is 0 Å². The Morgan fingerprint density at radius 1 is 0.604 bits per heavy atom. The van der Waals surface area contributed by atoms with Gasteiger partial charge in [-0.15, -0.1) is 20.5 Å². The summed E-state index contributed by atoms with van der Waals surface area (Å²) < 4.78 is 177. The molecule has 0 aliphatic carbocycles. The predicted molar refractivity (Wildman–Crippen MR) is 162 cm³/mol. The Morgan fingerprint density at radius 3 is 1.06 bits per heavy atom. The summed E-state index contributed by atoms with van der Waals surface area (Å²) in [5, 5.41) is 12.3. The third kappa shape index (κ3) is 15.0. The maximum absolute atomic E-state index is 12.4. The highest BCUT2D eigenvalue weighted by molar-refractivity contribution is 5.81. The number of halogens is 15. The van der Waals surface area contributed by atoms with Crippen LogP contribution in [-0.2, 0) is 11.3 Å². The van der Waals surface area contributed by atoms with Crippen molar-refractivity contribution < 1.29 is 70.6 Å². The molecule has 2 heterocycles. The second-order valence-electron chi connectivity index (χ2n) is 10.3. The second kappa shape index (κ2) is 18.8. The third-order valence-corrected chi connectivity index (χ3v) is 6.49. The van der Waals surface area contributed by atoms with Crippen LogP contribution in [-0.4, -0.2) is 41.4 Å². The Labute approximate surface area is 293 Å². The lowest BCUT2D eigenvalue weighted by Crippen LogP contribution is -2.29. The molecular weight excluding hydrogens is 753 g/mol. The first-order valence-corrected chi connectivity index (χ1v) is 14.3. The van der Waals surface area contributed by atoms with Crippen LogP contribution in [0, 0.1) is 0 Å². The van der Waals surface area contributed by atoms with E-state index in [2.05, 4.69) is 20.5 Å². The fourth-order valence-electron chi connectivity index (χ4n) is 3.21. The molecule has 6 nitrogen and oxygen atoms in total. The molecule has 0 saturated heterocycles. The topological polar surface area (TPSA) is 85.8 Å². The number of benzene rings is 3. The van der Waals surface area contributed by atoms with Crippen LogP contribution in [0.1, 0.15) is 57.2 Å². The van der Waals surface area contributed by atoms with E-state index in [4.69, 9.17) is 5.53 Å². The molecule has 0 amide bonds. The van der Waals surface area contributed by atoms with Gasteiger partial charge in [0.25, 0.3) is 0 Å². The van der Waals surface area contributed by atoms with Gasteiger partial charge in [-0.2, -0.15) is 70.6 Å². The molecule has 21 heteroatoms. The molecule has 294 valence electrons. The number of hydrogen-bond donors (Lipinski definition) is 0. The van der Waals surface area contributed by atoms with E-state index in [9.17, 15) is 65.9 Å². The lowest BCUT2D eigenvalue weighted by molar-refractivity contribution is -0.166. The average molecular weight is 785 g/mol. The SMILES string of the molecule is C.CC(=[N+]=[N-])C(F)(F)F.CC(c1ccccc1)C(F)(F)F.CCC(F)(F)F.FC(F)(F)C1(c2ccccc2)N=N1.FC(F)(F)C1(c2ccccc2)N=N1. The highest BCUT2D eigenvalue weighted by Gasteiger charge is 2.65. The Hall–Kier alpha value is -4.81. The minimum Gasteiger partial charge on any atom is -0.361 e. The van der Waals surface area contributed by atoms with Crippen molar-refractivity contribution in [3.63, 3.8) is 0 Å². The van der Waals surface area contributed by atoms with Crippen molar-refractivity contribution in [3.8, 4) is 0 Å². The molecule has 2 aliphatic heterocycles. The molecule has 0 aromatic heterocycles. The molecule has 0 bridgehead atoms.